The smallest absolute Gasteiger partial charge is 0.241 e. The molecule has 0 bridgehead atoms. The van der Waals surface area contributed by atoms with Crippen molar-refractivity contribution in [1.82, 2.24) is 4.72 Å². The monoisotopic (exact) mass is 361 g/mol. The average Bonchev–Trinajstić information content (AvgIpc) is 2.54. The molecule has 1 N–H and O–H groups in total. The van der Waals surface area contributed by atoms with Gasteiger partial charge in [0.05, 0.1) is 11.5 Å². The van der Waals surface area contributed by atoms with Crippen LogP contribution in [-0.2, 0) is 15.4 Å². The van der Waals surface area contributed by atoms with Crippen LogP contribution in [0.3, 0.4) is 0 Å². The summed E-state index contributed by atoms with van der Waals surface area (Å²) >= 11 is 0. The maximum Gasteiger partial charge on any atom is 0.241 e. The highest BCUT2D eigenvalue weighted by Crippen LogP contribution is 2.25. The van der Waals surface area contributed by atoms with Gasteiger partial charge in [0.15, 0.2) is 0 Å². The number of hydrogen-bond donors (Lipinski definition) is 1. The number of sulfonamides is 1. The molecule has 0 heterocycles. The number of rotatable bonds is 6. The average molecular weight is 362 g/mol. The largest absolute Gasteiger partial charge is 0.494 e. The lowest BCUT2D eigenvalue weighted by Crippen LogP contribution is -2.27. The van der Waals surface area contributed by atoms with Gasteiger partial charge >= 0.3 is 0 Å². The zero-order valence-corrected chi connectivity index (χ0v) is 16.4. The lowest BCUT2D eigenvalue weighted by molar-refractivity contribution is 0.340. The van der Waals surface area contributed by atoms with E-state index in [9.17, 15) is 8.42 Å². The molecular formula is C20H27NO3S. The van der Waals surface area contributed by atoms with E-state index in [0.29, 0.717) is 12.4 Å². The van der Waals surface area contributed by atoms with Gasteiger partial charge in [-0.05, 0) is 54.7 Å². The van der Waals surface area contributed by atoms with Crippen molar-refractivity contribution in [1.29, 1.82) is 0 Å². The predicted molar refractivity (Wildman–Crippen MR) is 101 cm³/mol. The Hall–Kier alpha value is -1.85. The second-order valence-electron chi connectivity index (χ2n) is 7.12. The Kier molecular flexibility index (Phi) is 5.91. The third-order valence-corrected chi connectivity index (χ3v) is 5.61. The molecule has 0 radical (unpaired) electrons. The zero-order chi connectivity index (χ0) is 18.7. The SMILES string of the molecule is CCOc1ccc(S(=O)(=O)NC(C)c2ccc(C(C)(C)C)cc2)cc1. The molecule has 0 aliphatic heterocycles. The standard InChI is InChI=1S/C20H27NO3S/c1-6-24-18-11-13-19(14-12-18)25(22,23)21-15(2)16-7-9-17(10-8-16)20(3,4)5/h7-15,21H,6H2,1-5H3. The fourth-order valence-corrected chi connectivity index (χ4v) is 3.75. The van der Waals surface area contributed by atoms with Crippen LogP contribution in [0.4, 0.5) is 0 Å². The van der Waals surface area contributed by atoms with E-state index in [2.05, 4.69) is 37.6 Å². The summed E-state index contributed by atoms with van der Waals surface area (Å²) in [5.41, 5.74) is 2.23. The van der Waals surface area contributed by atoms with Crippen molar-refractivity contribution in [2.45, 2.75) is 51.0 Å². The van der Waals surface area contributed by atoms with E-state index in [1.54, 1.807) is 24.3 Å². The Morgan fingerprint density at radius 1 is 1.00 bits per heavy atom. The van der Waals surface area contributed by atoms with Gasteiger partial charge < -0.3 is 4.74 Å². The predicted octanol–water partition coefficient (Wildman–Crippen LogP) is 4.42. The van der Waals surface area contributed by atoms with Gasteiger partial charge in [0.25, 0.3) is 0 Å². The molecule has 2 aromatic rings. The summed E-state index contributed by atoms with van der Waals surface area (Å²) in [5.74, 6) is 0.660. The summed E-state index contributed by atoms with van der Waals surface area (Å²) in [6, 6.07) is 14.2. The Morgan fingerprint density at radius 3 is 2.04 bits per heavy atom. The summed E-state index contributed by atoms with van der Waals surface area (Å²) in [7, 11) is -3.58. The third kappa shape index (κ3) is 5.06. The van der Waals surface area contributed by atoms with Gasteiger partial charge in [0.2, 0.25) is 10.0 Å². The molecule has 0 saturated carbocycles. The fourth-order valence-electron chi connectivity index (χ4n) is 2.52. The highest BCUT2D eigenvalue weighted by Gasteiger charge is 2.19. The quantitative estimate of drug-likeness (QED) is 0.828. The van der Waals surface area contributed by atoms with Crippen molar-refractivity contribution < 1.29 is 13.2 Å². The van der Waals surface area contributed by atoms with E-state index in [1.165, 1.54) is 5.56 Å². The van der Waals surface area contributed by atoms with E-state index >= 15 is 0 Å². The minimum atomic E-state index is -3.58. The highest BCUT2D eigenvalue weighted by atomic mass is 32.2. The van der Waals surface area contributed by atoms with Crippen LogP contribution in [0.15, 0.2) is 53.4 Å². The highest BCUT2D eigenvalue weighted by molar-refractivity contribution is 7.89. The normalized spacial score (nSPS) is 13.5. The van der Waals surface area contributed by atoms with Crippen molar-refractivity contribution >= 4 is 10.0 Å². The van der Waals surface area contributed by atoms with Gasteiger partial charge in [-0.3, -0.25) is 0 Å². The van der Waals surface area contributed by atoms with Gasteiger partial charge in [-0.1, -0.05) is 45.0 Å². The van der Waals surface area contributed by atoms with E-state index in [4.69, 9.17) is 4.74 Å². The molecule has 136 valence electrons. The molecule has 5 heteroatoms. The van der Waals surface area contributed by atoms with Crippen LogP contribution in [0, 0.1) is 0 Å². The molecule has 0 saturated heterocycles. The van der Waals surface area contributed by atoms with Gasteiger partial charge in [0.1, 0.15) is 5.75 Å². The van der Waals surface area contributed by atoms with Gasteiger partial charge in [-0.15, -0.1) is 0 Å². The van der Waals surface area contributed by atoms with Crippen molar-refractivity contribution in [3.8, 4) is 5.75 Å². The molecule has 0 amide bonds. The summed E-state index contributed by atoms with van der Waals surface area (Å²) in [6.07, 6.45) is 0. The molecule has 1 atom stereocenters. The number of benzene rings is 2. The second kappa shape index (κ2) is 7.58. The Morgan fingerprint density at radius 2 is 1.56 bits per heavy atom. The summed E-state index contributed by atoms with van der Waals surface area (Å²) in [6.45, 7) is 10.7. The van der Waals surface area contributed by atoms with Gasteiger partial charge in [0, 0.05) is 6.04 Å². The van der Waals surface area contributed by atoms with Gasteiger partial charge in [-0.2, -0.15) is 0 Å². The molecule has 0 spiro atoms. The summed E-state index contributed by atoms with van der Waals surface area (Å²) in [4.78, 5) is 0.231. The Bertz CT molecular complexity index is 788. The molecule has 0 aliphatic carbocycles. The Labute approximate surface area is 151 Å². The summed E-state index contributed by atoms with van der Waals surface area (Å²) in [5, 5.41) is 0. The maximum absolute atomic E-state index is 12.6. The third-order valence-electron chi connectivity index (χ3n) is 4.05. The molecule has 0 aliphatic rings. The van der Waals surface area contributed by atoms with E-state index in [1.807, 2.05) is 26.0 Å². The van der Waals surface area contributed by atoms with Crippen LogP contribution in [0.2, 0.25) is 0 Å². The van der Waals surface area contributed by atoms with E-state index in [-0.39, 0.29) is 16.4 Å². The zero-order valence-electron chi connectivity index (χ0n) is 15.5. The minimum Gasteiger partial charge on any atom is -0.494 e. The topological polar surface area (TPSA) is 55.4 Å². The summed E-state index contributed by atoms with van der Waals surface area (Å²) < 4.78 is 33.2. The molecule has 4 nitrogen and oxygen atoms in total. The first kappa shape index (κ1) is 19.5. The fraction of sp³-hybridized carbons (Fsp3) is 0.400. The number of nitrogens with one attached hydrogen (secondary N) is 1. The van der Waals surface area contributed by atoms with Crippen molar-refractivity contribution in [2.75, 3.05) is 6.61 Å². The first-order chi connectivity index (χ1) is 11.6. The van der Waals surface area contributed by atoms with Crippen LogP contribution >= 0.6 is 0 Å². The van der Waals surface area contributed by atoms with Crippen molar-refractivity contribution in [3.05, 3.63) is 59.7 Å². The molecule has 2 rings (SSSR count). The van der Waals surface area contributed by atoms with Crippen molar-refractivity contribution in [3.63, 3.8) is 0 Å². The lowest BCUT2D eigenvalue weighted by Gasteiger charge is -2.20. The second-order valence-corrected chi connectivity index (χ2v) is 8.83. The van der Waals surface area contributed by atoms with Crippen LogP contribution < -0.4 is 9.46 Å². The van der Waals surface area contributed by atoms with Gasteiger partial charge in [-0.25, -0.2) is 13.1 Å². The first-order valence-corrected chi connectivity index (χ1v) is 9.97. The number of ether oxygens (including phenoxy) is 1. The molecule has 0 aromatic heterocycles. The molecule has 1 unspecified atom stereocenters. The molecule has 2 aromatic carbocycles. The Balaban J connectivity index is 2.14. The van der Waals surface area contributed by atoms with Crippen LogP contribution in [-0.4, -0.2) is 15.0 Å². The van der Waals surface area contributed by atoms with Crippen LogP contribution in [0.5, 0.6) is 5.75 Å². The van der Waals surface area contributed by atoms with E-state index < -0.39 is 10.0 Å². The first-order valence-electron chi connectivity index (χ1n) is 8.49. The minimum absolute atomic E-state index is 0.0730. The van der Waals surface area contributed by atoms with E-state index in [0.717, 1.165) is 5.56 Å². The molecule has 25 heavy (non-hydrogen) atoms. The molecule has 0 fully saturated rings. The van der Waals surface area contributed by atoms with Crippen LogP contribution in [0.1, 0.15) is 51.8 Å². The van der Waals surface area contributed by atoms with Crippen molar-refractivity contribution in [2.24, 2.45) is 0 Å². The van der Waals surface area contributed by atoms with Crippen LogP contribution in [0.25, 0.3) is 0 Å². The maximum atomic E-state index is 12.6. The lowest BCUT2D eigenvalue weighted by atomic mass is 9.86. The molecular weight excluding hydrogens is 334 g/mol. The number of hydrogen-bond acceptors (Lipinski definition) is 3.